The standard InChI is InChI=1S/C22H31N3/c1-22(2,19-8-6-5-7-9-19)16-25-15-18-11-10-17(14-24(3)4)12-20(18)21(25)13-23/h5-12,21H,13-16,23H2,1-4H3. The van der Waals surface area contributed by atoms with Crippen LogP contribution in [-0.2, 0) is 18.5 Å². The number of fused-ring (bicyclic) bond motifs is 1. The highest BCUT2D eigenvalue weighted by Crippen LogP contribution is 2.37. The zero-order valence-electron chi connectivity index (χ0n) is 16.0. The van der Waals surface area contributed by atoms with E-state index in [0.29, 0.717) is 12.6 Å². The minimum atomic E-state index is 0.100. The summed E-state index contributed by atoms with van der Waals surface area (Å²) in [4.78, 5) is 4.77. The molecule has 1 unspecified atom stereocenters. The number of nitrogens with two attached hydrogens (primary N) is 1. The summed E-state index contributed by atoms with van der Waals surface area (Å²) in [5, 5.41) is 0. The van der Waals surface area contributed by atoms with Crippen LogP contribution < -0.4 is 5.73 Å². The fourth-order valence-electron chi connectivity index (χ4n) is 4.02. The first-order valence-electron chi connectivity index (χ1n) is 9.17. The van der Waals surface area contributed by atoms with Gasteiger partial charge >= 0.3 is 0 Å². The molecule has 0 bridgehead atoms. The van der Waals surface area contributed by atoms with Gasteiger partial charge < -0.3 is 10.6 Å². The first-order valence-corrected chi connectivity index (χ1v) is 9.17. The van der Waals surface area contributed by atoms with Crippen LogP contribution in [0.2, 0.25) is 0 Å². The van der Waals surface area contributed by atoms with Crippen molar-refractivity contribution in [2.75, 3.05) is 27.2 Å². The molecule has 0 radical (unpaired) electrons. The second-order valence-electron chi connectivity index (χ2n) is 8.18. The van der Waals surface area contributed by atoms with Crippen molar-refractivity contribution in [3.05, 3.63) is 70.8 Å². The van der Waals surface area contributed by atoms with E-state index in [1.807, 2.05) is 0 Å². The lowest BCUT2D eigenvalue weighted by molar-refractivity contribution is 0.179. The van der Waals surface area contributed by atoms with Gasteiger partial charge in [-0.1, -0.05) is 62.4 Å². The molecular weight excluding hydrogens is 306 g/mol. The van der Waals surface area contributed by atoms with Gasteiger partial charge in [-0.15, -0.1) is 0 Å². The molecule has 25 heavy (non-hydrogen) atoms. The second kappa shape index (κ2) is 7.28. The fourth-order valence-corrected chi connectivity index (χ4v) is 4.02. The molecule has 1 aliphatic heterocycles. The number of hydrogen-bond acceptors (Lipinski definition) is 3. The molecule has 0 spiro atoms. The third-order valence-electron chi connectivity index (χ3n) is 5.26. The minimum Gasteiger partial charge on any atom is -0.329 e. The van der Waals surface area contributed by atoms with E-state index in [4.69, 9.17) is 5.73 Å². The van der Waals surface area contributed by atoms with Crippen LogP contribution in [0.15, 0.2) is 48.5 Å². The fraction of sp³-hybridized carbons (Fsp3) is 0.455. The molecular formula is C22H31N3. The van der Waals surface area contributed by atoms with Gasteiger partial charge in [0.2, 0.25) is 0 Å². The van der Waals surface area contributed by atoms with Crippen LogP contribution in [0.5, 0.6) is 0 Å². The molecule has 2 aromatic rings. The van der Waals surface area contributed by atoms with Crippen LogP contribution in [0, 0.1) is 0 Å². The summed E-state index contributed by atoms with van der Waals surface area (Å²) in [7, 11) is 4.23. The lowest BCUT2D eigenvalue weighted by atomic mass is 9.84. The summed E-state index contributed by atoms with van der Waals surface area (Å²) in [5.41, 5.74) is 11.9. The Morgan fingerprint density at radius 2 is 1.84 bits per heavy atom. The smallest absolute Gasteiger partial charge is 0.0477 e. The summed E-state index contributed by atoms with van der Waals surface area (Å²) in [5.74, 6) is 0. The van der Waals surface area contributed by atoms with E-state index < -0.39 is 0 Å². The SMILES string of the molecule is CN(C)Cc1ccc2c(c1)C(CN)N(CC(C)(C)c1ccccc1)C2. The minimum absolute atomic E-state index is 0.100. The van der Waals surface area contributed by atoms with Crippen molar-refractivity contribution < 1.29 is 0 Å². The van der Waals surface area contributed by atoms with Gasteiger partial charge in [-0.2, -0.15) is 0 Å². The predicted octanol–water partition coefficient (Wildman–Crippen LogP) is 3.54. The molecule has 3 heteroatoms. The maximum Gasteiger partial charge on any atom is 0.0477 e. The van der Waals surface area contributed by atoms with Gasteiger partial charge in [0.05, 0.1) is 0 Å². The maximum absolute atomic E-state index is 6.20. The van der Waals surface area contributed by atoms with Gasteiger partial charge in [0.15, 0.2) is 0 Å². The van der Waals surface area contributed by atoms with Crippen molar-refractivity contribution in [2.45, 2.75) is 38.4 Å². The topological polar surface area (TPSA) is 32.5 Å². The van der Waals surface area contributed by atoms with Gasteiger partial charge in [-0.25, -0.2) is 0 Å². The van der Waals surface area contributed by atoms with Crippen LogP contribution in [0.25, 0.3) is 0 Å². The molecule has 2 aromatic carbocycles. The summed E-state index contributed by atoms with van der Waals surface area (Å²) in [6.45, 7) is 8.31. The van der Waals surface area contributed by atoms with E-state index >= 15 is 0 Å². The molecule has 0 amide bonds. The highest BCUT2D eigenvalue weighted by Gasteiger charge is 2.33. The van der Waals surface area contributed by atoms with Crippen LogP contribution in [0.1, 0.15) is 42.1 Å². The van der Waals surface area contributed by atoms with Crippen molar-refractivity contribution >= 4 is 0 Å². The quantitative estimate of drug-likeness (QED) is 0.875. The molecule has 0 aromatic heterocycles. The second-order valence-corrected chi connectivity index (χ2v) is 8.18. The zero-order valence-corrected chi connectivity index (χ0v) is 16.0. The van der Waals surface area contributed by atoms with Gasteiger partial charge in [0.25, 0.3) is 0 Å². The maximum atomic E-state index is 6.20. The molecule has 1 heterocycles. The summed E-state index contributed by atoms with van der Waals surface area (Å²) >= 11 is 0. The number of nitrogens with zero attached hydrogens (tertiary/aromatic N) is 2. The van der Waals surface area contributed by atoms with Gasteiger partial charge in [-0.05, 0) is 36.3 Å². The molecule has 3 rings (SSSR count). The van der Waals surface area contributed by atoms with E-state index in [2.05, 4.69) is 86.3 Å². The molecule has 0 saturated heterocycles. The van der Waals surface area contributed by atoms with Crippen molar-refractivity contribution in [1.29, 1.82) is 0 Å². The Morgan fingerprint density at radius 1 is 1.12 bits per heavy atom. The molecule has 0 aliphatic carbocycles. The molecule has 1 aliphatic rings. The third kappa shape index (κ3) is 3.95. The monoisotopic (exact) mass is 337 g/mol. The average molecular weight is 338 g/mol. The molecule has 2 N–H and O–H groups in total. The highest BCUT2D eigenvalue weighted by molar-refractivity contribution is 5.38. The van der Waals surface area contributed by atoms with E-state index in [1.165, 1.54) is 22.3 Å². The Hall–Kier alpha value is -1.68. The van der Waals surface area contributed by atoms with Crippen molar-refractivity contribution in [1.82, 2.24) is 9.80 Å². The van der Waals surface area contributed by atoms with Crippen LogP contribution in [0.3, 0.4) is 0 Å². The summed E-state index contributed by atoms with van der Waals surface area (Å²) in [6.07, 6.45) is 0. The summed E-state index contributed by atoms with van der Waals surface area (Å²) in [6, 6.07) is 18.0. The van der Waals surface area contributed by atoms with Gasteiger partial charge in [0.1, 0.15) is 0 Å². The zero-order chi connectivity index (χ0) is 18.0. The Bertz CT molecular complexity index is 706. The average Bonchev–Trinajstić information content (AvgIpc) is 2.90. The number of benzene rings is 2. The molecule has 134 valence electrons. The lowest BCUT2D eigenvalue weighted by Gasteiger charge is -2.34. The Balaban J connectivity index is 1.82. The first-order chi connectivity index (χ1) is 11.9. The van der Waals surface area contributed by atoms with Crippen LogP contribution >= 0.6 is 0 Å². The Kier molecular flexibility index (Phi) is 5.28. The van der Waals surface area contributed by atoms with Crippen LogP contribution in [-0.4, -0.2) is 37.0 Å². The lowest BCUT2D eigenvalue weighted by Crippen LogP contribution is -2.38. The predicted molar refractivity (Wildman–Crippen MR) is 106 cm³/mol. The van der Waals surface area contributed by atoms with Gasteiger partial charge in [0, 0.05) is 37.6 Å². The van der Waals surface area contributed by atoms with E-state index in [-0.39, 0.29) is 5.41 Å². The van der Waals surface area contributed by atoms with E-state index in [9.17, 15) is 0 Å². The van der Waals surface area contributed by atoms with Gasteiger partial charge in [-0.3, -0.25) is 4.90 Å². The van der Waals surface area contributed by atoms with Crippen molar-refractivity contribution in [3.63, 3.8) is 0 Å². The largest absolute Gasteiger partial charge is 0.329 e. The first kappa shape index (κ1) is 18.1. The number of hydrogen-bond donors (Lipinski definition) is 1. The number of rotatable bonds is 6. The Morgan fingerprint density at radius 3 is 2.48 bits per heavy atom. The Labute approximate surface area is 152 Å². The third-order valence-corrected chi connectivity index (χ3v) is 5.26. The van der Waals surface area contributed by atoms with E-state index in [1.54, 1.807) is 0 Å². The molecule has 0 fully saturated rings. The molecule has 1 atom stereocenters. The van der Waals surface area contributed by atoms with Crippen molar-refractivity contribution in [2.24, 2.45) is 5.73 Å². The molecule has 0 saturated carbocycles. The van der Waals surface area contributed by atoms with Crippen LogP contribution in [0.4, 0.5) is 0 Å². The highest BCUT2D eigenvalue weighted by atomic mass is 15.2. The van der Waals surface area contributed by atoms with Crippen molar-refractivity contribution in [3.8, 4) is 0 Å². The molecule has 3 nitrogen and oxygen atoms in total. The summed E-state index contributed by atoms with van der Waals surface area (Å²) < 4.78 is 0. The van der Waals surface area contributed by atoms with E-state index in [0.717, 1.165) is 19.6 Å². The normalized spacial score (nSPS) is 17.9.